The number of hydrogen-bond donors (Lipinski definition) is 2. The number of nitrogens with zero attached hydrogens (tertiary/aromatic N) is 5. The van der Waals surface area contributed by atoms with Crippen LogP contribution in [0.3, 0.4) is 0 Å². The van der Waals surface area contributed by atoms with E-state index in [9.17, 15) is 14.0 Å². The highest BCUT2D eigenvalue weighted by Crippen LogP contribution is 2.30. The maximum Gasteiger partial charge on any atom is 0.272 e. The molecular weight excluding hydrogens is 489 g/mol. The minimum atomic E-state index is -0.590. The number of aromatic amines is 1. The fraction of sp³-hybridized carbons (Fsp3) is 0.370. The van der Waals surface area contributed by atoms with Crippen molar-refractivity contribution in [2.75, 3.05) is 13.2 Å². The van der Waals surface area contributed by atoms with E-state index in [-0.39, 0.29) is 29.8 Å². The molecule has 1 fully saturated rings. The monoisotopic (exact) mass is 517 g/mol. The minimum Gasteiger partial charge on any atom is -0.359 e. The molecule has 1 amide bonds. The standard InChI is InChI=1S/C27H28FN7O3/c1-15-12-34(13-23-31-32-24(35(15)23)22-14-38-27(2,3)29-22)26(37)19-10-16(8-9-20(19)28)11-21-17-6-4-5-7-18(17)25(36)33-30-21/h4-10,15,22,29H,11-14H2,1-3H3,(H,33,36). The van der Waals surface area contributed by atoms with Crippen molar-refractivity contribution in [2.24, 2.45) is 0 Å². The van der Waals surface area contributed by atoms with Crippen molar-refractivity contribution in [2.45, 2.75) is 51.5 Å². The third-order valence-electron chi connectivity index (χ3n) is 7.19. The maximum atomic E-state index is 14.9. The molecule has 0 bridgehead atoms. The largest absolute Gasteiger partial charge is 0.359 e. The Balaban J connectivity index is 1.25. The smallest absolute Gasteiger partial charge is 0.272 e. The molecule has 196 valence electrons. The lowest BCUT2D eigenvalue weighted by Crippen LogP contribution is -2.42. The average Bonchev–Trinajstić information content (AvgIpc) is 3.49. The van der Waals surface area contributed by atoms with Crippen molar-refractivity contribution in [1.29, 1.82) is 0 Å². The van der Waals surface area contributed by atoms with Gasteiger partial charge in [0.25, 0.3) is 11.5 Å². The first-order chi connectivity index (χ1) is 18.2. The number of fused-ring (bicyclic) bond motifs is 2. The second-order valence-electron chi connectivity index (χ2n) is 10.4. The molecule has 0 aliphatic carbocycles. The molecule has 38 heavy (non-hydrogen) atoms. The molecule has 4 aromatic rings. The van der Waals surface area contributed by atoms with Crippen LogP contribution in [0.2, 0.25) is 0 Å². The third kappa shape index (κ3) is 4.27. The van der Waals surface area contributed by atoms with Gasteiger partial charge in [0, 0.05) is 18.4 Å². The molecule has 2 aromatic heterocycles. The second-order valence-corrected chi connectivity index (χ2v) is 10.4. The molecule has 4 heterocycles. The van der Waals surface area contributed by atoms with Crippen LogP contribution >= 0.6 is 0 Å². The van der Waals surface area contributed by atoms with Gasteiger partial charge in [-0.25, -0.2) is 9.49 Å². The van der Waals surface area contributed by atoms with Gasteiger partial charge in [-0.2, -0.15) is 5.10 Å². The van der Waals surface area contributed by atoms with E-state index < -0.39 is 17.4 Å². The summed E-state index contributed by atoms with van der Waals surface area (Å²) < 4.78 is 22.8. The van der Waals surface area contributed by atoms with Gasteiger partial charge in [-0.3, -0.25) is 14.9 Å². The van der Waals surface area contributed by atoms with Crippen molar-refractivity contribution in [3.63, 3.8) is 0 Å². The topological polar surface area (TPSA) is 118 Å². The fourth-order valence-electron chi connectivity index (χ4n) is 5.40. The van der Waals surface area contributed by atoms with Crippen molar-refractivity contribution in [3.05, 3.63) is 87.1 Å². The Labute approximate surface area is 217 Å². The highest BCUT2D eigenvalue weighted by atomic mass is 19.1. The van der Waals surface area contributed by atoms with E-state index in [1.165, 1.54) is 6.07 Å². The maximum absolute atomic E-state index is 14.9. The summed E-state index contributed by atoms with van der Waals surface area (Å²) in [6.45, 7) is 7.02. The van der Waals surface area contributed by atoms with Gasteiger partial charge in [-0.05, 0) is 44.5 Å². The van der Waals surface area contributed by atoms with E-state index >= 15 is 0 Å². The highest BCUT2D eigenvalue weighted by molar-refractivity contribution is 5.95. The number of amides is 1. The van der Waals surface area contributed by atoms with Crippen molar-refractivity contribution in [1.82, 2.24) is 35.2 Å². The zero-order chi connectivity index (χ0) is 26.6. The van der Waals surface area contributed by atoms with Gasteiger partial charge in [0.1, 0.15) is 11.5 Å². The first kappa shape index (κ1) is 24.4. The normalized spacial score (nSPS) is 20.6. The molecule has 0 saturated carbocycles. The van der Waals surface area contributed by atoms with E-state index in [1.54, 1.807) is 29.2 Å². The predicted molar refractivity (Wildman–Crippen MR) is 137 cm³/mol. The molecule has 2 aliphatic rings. The summed E-state index contributed by atoms with van der Waals surface area (Å²) in [7, 11) is 0. The quantitative estimate of drug-likeness (QED) is 0.427. The molecule has 2 aliphatic heterocycles. The molecule has 0 radical (unpaired) electrons. The lowest BCUT2D eigenvalue weighted by Gasteiger charge is -2.33. The van der Waals surface area contributed by atoms with Gasteiger partial charge < -0.3 is 14.2 Å². The molecule has 2 unspecified atom stereocenters. The number of H-pyrrole nitrogens is 1. The molecular formula is C27H28FN7O3. The number of aromatic nitrogens is 5. The number of benzene rings is 2. The Morgan fingerprint density at radius 1 is 1.18 bits per heavy atom. The Bertz CT molecular complexity index is 1610. The fourth-order valence-corrected chi connectivity index (χ4v) is 5.40. The molecule has 1 saturated heterocycles. The molecule has 2 atom stereocenters. The SMILES string of the molecule is CC1CN(C(=O)c2cc(Cc3n[nH]c(=O)c4ccccc34)ccc2F)Cc2nnc(C3COC(C)(C)N3)n21. The van der Waals surface area contributed by atoms with Crippen LogP contribution in [0, 0.1) is 5.82 Å². The zero-order valence-corrected chi connectivity index (χ0v) is 21.4. The van der Waals surface area contributed by atoms with Gasteiger partial charge >= 0.3 is 0 Å². The Morgan fingerprint density at radius 3 is 2.74 bits per heavy atom. The third-order valence-corrected chi connectivity index (χ3v) is 7.19. The Morgan fingerprint density at radius 2 is 1.97 bits per heavy atom. The zero-order valence-electron chi connectivity index (χ0n) is 21.4. The number of carbonyl (C=O) groups excluding carboxylic acids is 1. The summed E-state index contributed by atoms with van der Waals surface area (Å²) in [5.74, 6) is 0.431. The van der Waals surface area contributed by atoms with E-state index in [0.29, 0.717) is 42.0 Å². The Kier molecular flexibility index (Phi) is 5.84. The molecule has 11 heteroatoms. The summed E-state index contributed by atoms with van der Waals surface area (Å²) in [6, 6.07) is 11.5. The predicted octanol–water partition coefficient (Wildman–Crippen LogP) is 2.86. The molecule has 0 spiro atoms. The van der Waals surface area contributed by atoms with Gasteiger partial charge in [-0.1, -0.05) is 24.3 Å². The molecule has 2 aromatic carbocycles. The minimum absolute atomic E-state index is 0.00997. The number of hydrogen-bond acceptors (Lipinski definition) is 7. The van der Waals surface area contributed by atoms with E-state index in [0.717, 1.165) is 11.2 Å². The number of rotatable bonds is 4. The summed E-state index contributed by atoms with van der Waals surface area (Å²) in [4.78, 5) is 27.3. The van der Waals surface area contributed by atoms with Gasteiger partial charge in [0.05, 0.1) is 41.9 Å². The summed E-state index contributed by atoms with van der Waals surface area (Å²) >= 11 is 0. The summed E-state index contributed by atoms with van der Waals surface area (Å²) in [5.41, 5.74) is 0.629. The molecule has 10 nitrogen and oxygen atoms in total. The average molecular weight is 518 g/mol. The van der Waals surface area contributed by atoms with Crippen LogP contribution in [0.1, 0.15) is 66.1 Å². The first-order valence-corrected chi connectivity index (χ1v) is 12.6. The van der Waals surface area contributed by atoms with Gasteiger partial charge in [0.15, 0.2) is 11.6 Å². The number of halogens is 1. The van der Waals surface area contributed by atoms with Crippen LogP contribution in [0.25, 0.3) is 10.8 Å². The molecule has 6 rings (SSSR count). The van der Waals surface area contributed by atoms with Crippen LogP contribution in [0.15, 0.2) is 47.3 Å². The van der Waals surface area contributed by atoms with Crippen LogP contribution in [-0.2, 0) is 17.7 Å². The lowest BCUT2D eigenvalue weighted by molar-refractivity contribution is 0.0231. The van der Waals surface area contributed by atoms with Crippen molar-refractivity contribution < 1.29 is 13.9 Å². The number of nitrogens with one attached hydrogen (secondary N) is 2. The van der Waals surface area contributed by atoms with Crippen LogP contribution in [0.4, 0.5) is 4.39 Å². The van der Waals surface area contributed by atoms with E-state index in [2.05, 4.69) is 25.7 Å². The second kappa shape index (κ2) is 9.10. The summed E-state index contributed by atoms with van der Waals surface area (Å²) in [5, 5.41) is 20.1. The number of carbonyl (C=O) groups is 1. The van der Waals surface area contributed by atoms with Crippen molar-refractivity contribution in [3.8, 4) is 0 Å². The van der Waals surface area contributed by atoms with E-state index in [4.69, 9.17) is 4.74 Å². The molecule has 2 N–H and O–H groups in total. The lowest BCUT2D eigenvalue weighted by atomic mass is 10.0. The van der Waals surface area contributed by atoms with Crippen molar-refractivity contribution >= 4 is 16.7 Å². The highest BCUT2D eigenvalue weighted by Gasteiger charge is 2.38. The van der Waals surface area contributed by atoms with Crippen LogP contribution in [0.5, 0.6) is 0 Å². The first-order valence-electron chi connectivity index (χ1n) is 12.6. The van der Waals surface area contributed by atoms with Crippen LogP contribution in [-0.4, -0.2) is 54.6 Å². The summed E-state index contributed by atoms with van der Waals surface area (Å²) in [6.07, 6.45) is 0.332. The van der Waals surface area contributed by atoms with Gasteiger partial charge in [-0.15, -0.1) is 10.2 Å². The van der Waals surface area contributed by atoms with Gasteiger partial charge in [0.2, 0.25) is 0 Å². The van der Waals surface area contributed by atoms with E-state index in [1.807, 2.05) is 37.5 Å². The Hall–Kier alpha value is -3.96. The van der Waals surface area contributed by atoms with Crippen LogP contribution < -0.4 is 10.9 Å². The number of ether oxygens (including phenoxy) is 1.